The summed E-state index contributed by atoms with van der Waals surface area (Å²) in [5.74, 6) is 0.251. The zero-order valence-corrected chi connectivity index (χ0v) is 13.1. The van der Waals surface area contributed by atoms with Gasteiger partial charge in [-0.25, -0.2) is 0 Å². The van der Waals surface area contributed by atoms with Crippen LogP contribution in [0.4, 0.5) is 0 Å². The monoisotopic (exact) mass is 344 g/mol. The number of ether oxygens (including phenoxy) is 1. The number of hydrogen-bond acceptors (Lipinski definition) is 2. The summed E-state index contributed by atoms with van der Waals surface area (Å²) in [7, 11) is 0. The van der Waals surface area contributed by atoms with Crippen LogP contribution in [0.5, 0.6) is 0 Å². The highest BCUT2D eigenvalue weighted by Gasteiger charge is 2.44. The fourth-order valence-electron chi connectivity index (χ4n) is 3.25. The third-order valence-corrected chi connectivity index (χ3v) is 5.36. The molecule has 1 spiro atoms. The van der Waals surface area contributed by atoms with Gasteiger partial charge in [0.25, 0.3) is 0 Å². The molecule has 0 bridgehead atoms. The molecular formula is C15H18BrClO2. The Hall–Kier alpha value is -0.0900. The molecule has 1 aromatic rings. The lowest BCUT2D eigenvalue weighted by Gasteiger charge is -2.48. The van der Waals surface area contributed by atoms with E-state index in [0.29, 0.717) is 5.02 Å². The van der Waals surface area contributed by atoms with Gasteiger partial charge in [0, 0.05) is 21.7 Å². The second-order valence-electron chi connectivity index (χ2n) is 5.75. The molecule has 2 atom stereocenters. The number of benzene rings is 1. The highest BCUT2D eigenvalue weighted by molar-refractivity contribution is 9.10. The third-order valence-electron chi connectivity index (χ3n) is 4.52. The van der Waals surface area contributed by atoms with Crippen molar-refractivity contribution in [1.29, 1.82) is 0 Å². The van der Waals surface area contributed by atoms with Crippen LogP contribution in [0, 0.1) is 5.92 Å². The Morgan fingerprint density at radius 1 is 1.42 bits per heavy atom. The minimum absolute atomic E-state index is 0.0579. The topological polar surface area (TPSA) is 29.5 Å². The molecule has 1 N–H and O–H groups in total. The maximum absolute atomic E-state index is 10.6. The van der Waals surface area contributed by atoms with E-state index < -0.39 is 6.10 Å². The summed E-state index contributed by atoms with van der Waals surface area (Å²) in [6.45, 7) is 0.757. The lowest BCUT2D eigenvalue weighted by atomic mass is 9.70. The maximum atomic E-state index is 10.6. The standard InChI is InChI=1S/C15H18BrClO2/c16-11-2-3-13(17)12(8-11)14(18)10-4-7-19-15(9-10)5-1-6-15/h2-3,8,10,14,18H,1,4-7,9H2. The number of aliphatic hydroxyl groups is 1. The summed E-state index contributed by atoms with van der Waals surface area (Å²) < 4.78 is 6.87. The summed E-state index contributed by atoms with van der Waals surface area (Å²) in [6, 6.07) is 5.66. The van der Waals surface area contributed by atoms with E-state index >= 15 is 0 Å². The molecule has 1 aliphatic heterocycles. The van der Waals surface area contributed by atoms with Crippen molar-refractivity contribution in [3.8, 4) is 0 Å². The van der Waals surface area contributed by atoms with E-state index in [1.165, 1.54) is 6.42 Å². The van der Waals surface area contributed by atoms with Crippen molar-refractivity contribution in [2.75, 3.05) is 6.61 Å². The van der Waals surface area contributed by atoms with Gasteiger partial charge in [-0.2, -0.15) is 0 Å². The predicted octanol–water partition coefficient (Wildman–Crippen LogP) is 4.49. The molecule has 1 aliphatic carbocycles. The van der Waals surface area contributed by atoms with Crippen LogP contribution < -0.4 is 0 Å². The first kappa shape index (κ1) is 13.9. The van der Waals surface area contributed by atoms with Gasteiger partial charge in [0.2, 0.25) is 0 Å². The summed E-state index contributed by atoms with van der Waals surface area (Å²) in [6.07, 6.45) is 4.90. The van der Waals surface area contributed by atoms with Crippen LogP contribution >= 0.6 is 27.5 Å². The van der Waals surface area contributed by atoms with Crippen molar-refractivity contribution in [2.24, 2.45) is 5.92 Å². The smallest absolute Gasteiger partial charge is 0.0834 e. The van der Waals surface area contributed by atoms with Gasteiger partial charge in [0.15, 0.2) is 0 Å². The van der Waals surface area contributed by atoms with Crippen LogP contribution in [-0.2, 0) is 4.74 Å². The number of rotatable bonds is 2. The van der Waals surface area contributed by atoms with Gasteiger partial charge >= 0.3 is 0 Å². The fourth-order valence-corrected chi connectivity index (χ4v) is 3.86. The van der Waals surface area contributed by atoms with E-state index in [1.54, 1.807) is 0 Å². The fraction of sp³-hybridized carbons (Fsp3) is 0.600. The number of halogens is 2. The van der Waals surface area contributed by atoms with Crippen LogP contribution in [0.3, 0.4) is 0 Å². The molecule has 1 saturated heterocycles. The first-order valence-corrected chi connectivity index (χ1v) is 8.04. The zero-order chi connectivity index (χ0) is 13.5. The van der Waals surface area contributed by atoms with Crippen molar-refractivity contribution in [3.05, 3.63) is 33.3 Å². The Kier molecular flexibility index (Phi) is 3.91. The first-order chi connectivity index (χ1) is 9.10. The van der Waals surface area contributed by atoms with Crippen LogP contribution in [0.2, 0.25) is 5.02 Å². The lowest BCUT2D eigenvalue weighted by Crippen LogP contribution is -2.46. The zero-order valence-electron chi connectivity index (χ0n) is 10.7. The molecule has 2 nitrogen and oxygen atoms in total. The van der Waals surface area contributed by atoms with Crippen molar-refractivity contribution in [1.82, 2.24) is 0 Å². The van der Waals surface area contributed by atoms with Gasteiger partial charge in [-0.05, 0) is 56.2 Å². The van der Waals surface area contributed by atoms with E-state index in [9.17, 15) is 5.11 Å². The highest BCUT2D eigenvalue weighted by Crippen LogP contribution is 2.47. The van der Waals surface area contributed by atoms with Crippen molar-refractivity contribution < 1.29 is 9.84 Å². The predicted molar refractivity (Wildman–Crippen MR) is 79.4 cm³/mol. The first-order valence-electron chi connectivity index (χ1n) is 6.87. The Morgan fingerprint density at radius 2 is 2.21 bits per heavy atom. The largest absolute Gasteiger partial charge is 0.388 e. The van der Waals surface area contributed by atoms with Gasteiger partial charge in [-0.1, -0.05) is 27.5 Å². The van der Waals surface area contributed by atoms with Crippen LogP contribution in [0.25, 0.3) is 0 Å². The quantitative estimate of drug-likeness (QED) is 0.856. The van der Waals surface area contributed by atoms with E-state index in [0.717, 1.165) is 42.3 Å². The molecule has 4 heteroatoms. The maximum Gasteiger partial charge on any atom is 0.0834 e. The van der Waals surface area contributed by atoms with E-state index in [1.807, 2.05) is 18.2 Å². The van der Waals surface area contributed by atoms with E-state index in [4.69, 9.17) is 16.3 Å². The van der Waals surface area contributed by atoms with Crippen LogP contribution in [0.15, 0.2) is 22.7 Å². The molecule has 1 saturated carbocycles. The number of hydrogen-bond donors (Lipinski definition) is 1. The second kappa shape index (κ2) is 5.36. The molecule has 2 aliphatic rings. The Labute approximate surface area is 127 Å². The average molecular weight is 346 g/mol. The molecule has 2 fully saturated rings. The molecule has 0 aromatic heterocycles. The van der Waals surface area contributed by atoms with Gasteiger partial charge in [0.05, 0.1) is 11.7 Å². The molecule has 1 aromatic carbocycles. The van der Waals surface area contributed by atoms with Gasteiger partial charge in [0.1, 0.15) is 0 Å². The van der Waals surface area contributed by atoms with E-state index in [-0.39, 0.29) is 11.5 Å². The SMILES string of the molecule is OC(c1cc(Br)ccc1Cl)C1CCOC2(CCC2)C1. The molecule has 3 rings (SSSR count). The van der Waals surface area contributed by atoms with Crippen LogP contribution in [0.1, 0.15) is 43.8 Å². The molecule has 1 heterocycles. The minimum atomic E-state index is -0.494. The normalized spacial score (nSPS) is 27.0. The Bertz CT molecular complexity index is 473. The summed E-state index contributed by atoms with van der Waals surface area (Å²) in [4.78, 5) is 0. The molecule has 0 radical (unpaired) electrons. The highest BCUT2D eigenvalue weighted by atomic mass is 79.9. The molecule has 104 valence electrons. The average Bonchev–Trinajstić information content (AvgIpc) is 2.39. The third kappa shape index (κ3) is 2.71. The second-order valence-corrected chi connectivity index (χ2v) is 7.07. The molecule has 0 amide bonds. The number of aliphatic hydroxyl groups excluding tert-OH is 1. The molecule has 2 unspecified atom stereocenters. The lowest BCUT2D eigenvalue weighted by molar-refractivity contribution is -0.157. The molecular weight excluding hydrogens is 328 g/mol. The van der Waals surface area contributed by atoms with Gasteiger partial charge in [-0.15, -0.1) is 0 Å². The van der Waals surface area contributed by atoms with E-state index in [2.05, 4.69) is 15.9 Å². The summed E-state index contributed by atoms with van der Waals surface area (Å²) in [5.41, 5.74) is 0.889. The van der Waals surface area contributed by atoms with Crippen molar-refractivity contribution >= 4 is 27.5 Å². The van der Waals surface area contributed by atoms with Crippen molar-refractivity contribution in [2.45, 2.75) is 43.8 Å². The van der Waals surface area contributed by atoms with Crippen molar-refractivity contribution in [3.63, 3.8) is 0 Å². The van der Waals surface area contributed by atoms with Gasteiger partial charge < -0.3 is 9.84 Å². The Balaban J connectivity index is 1.79. The van der Waals surface area contributed by atoms with Crippen LogP contribution in [-0.4, -0.2) is 17.3 Å². The Morgan fingerprint density at radius 3 is 2.89 bits per heavy atom. The minimum Gasteiger partial charge on any atom is -0.388 e. The summed E-state index contributed by atoms with van der Waals surface area (Å²) >= 11 is 9.66. The molecule has 19 heavy (non-hydrogen) atoms. The summed E-state index contributed by atoms with van der Waals surface area (Å²) in [5, 5.41) is 11.3. The van der Waals surface area contributed by atoms with Gasteiger partial charge in [-0.3, -0.25) is 0 Å².